The third kappa shape index (κ3) is 5.71. The topological polar surface area (TPSA) is 41.8 Å². The Hall–Kier alpha value is -1.81. The van der Waals surface area contributed by atoms with E-state index in [1.165, 1.54) is 0 Å². The van der Waals surface area contributed by atoms with Crippen molar-refractivity contribution in [2.24, 2.45) is 16.3 Å². The second-order valence-electron chi connectivity index (χ2n) is 8.97. The maximum Gasteiger partial charge on any atom is 0.190 e. The first-order chi connectivity index (χ1) is 14.7. The van der Waals surface area contributed by atoms with Crippen LogP contribution in [0.15, 0.2) is 66.2 Å². The van der Waals surface area contributed by atoms with Crippen molar-refractivity contribution in [2.45, 2.75) is 51.7 Å². The predicted octanol–water partition coefficient (Wildman–Crippen LogP) is 7.24. The second-order valence-corrected chi connectivity index (χ2v) is 9.84. The standard InChI is InChI=1S/C26H31Cl2NO2/c1-5-13-26(4,25-29-23(16-31-25)17(2)3)15-22(19-7-6-8-21(28)14-19)24(30)18-9-11-20(27)12-10-18/h5-12,14,17,22-24,30H,1,13,15-16H2,2-4H3/t22-,23-,24+,26?/m1/s1. The Labute approximate surface area is 195 Å². The van der Waals surface area contributed by atoms with Gasteiger partial charge in [-0.3, -0.25) is 0 Å². The normalized spacial score (nSPS) is 20.0. The zero-order chi connectivity index (χ0) is 22.6. The third-order valence-electron chi connectivity index (χ3n) is 6.09. The van der Waals surface area contributed by atoms with Gasteiger partial charge in [0.25, 0.3) is 0 Å². The minimum absolute atomic E-state index is 0.157. The molecular weight excluding hydrogens is 429 g/mol. The van der Waals surface area contributed by atoms with Gasteiger partial charge in [-0.25, -0.2) is 4.99 Å². The van der Waals surface area contributed by atoms with Gasteiger partial charge in [-0.2, -0.15) is 0 Å². The van der Waals surface area contributed by atoms with Crippen LogP contribution < -0.4 is 0 Å². The number of nitrogens with zero attached hydrogens (tertiary/aromatic N) is 1. The summed E-state index contributed by atoms with van der Waals surface area (Å²) in [5.41, 5.74) is 1.39. The Morgan fingerprint density at radius 2 is 1.87 bits per heavy atom. The average Bonchev–Trinajstić information content (AvgIpc) is 3.24. The molecule has 1 heterocycles. The van der Waals surface area contributed by atoms with E-state index in [0.717, 1.165) is 17.0 Å². The lowest BCUT2D eigenvalue weighted by Gasteiger charge is -2.34. The van der Waals surface area contributed by atoms with Crippen LogP contribution in [0.1, 0.15) is 56.8 Å². The van der Waals surface area contributed by atoms with Crippen LogP contribution in [0.3, 0.4) is 0 Å². The van der Waals surface area contributed by atoms with E-state index in [0.29, 0.717) is 35.4 Å². The molecule has 0 aliphatic carbocycles. The van der Waals surface area contributed by atoms with Crippen molar-refractivity contribution in [3.05, 3.63) is 82.4 Å². The molecule has 1 aliphatic rings. The average molecular weight is 460 g/mol. The summed E-state index contributed by atoms with van der Waals surface area (Å²) in [5.74, 6) is 0.949. The van der Waals surface area contributed by atoms with Gasteiger partial charge in [-0.05, 0) is 54.2 Å². The van der Waals surface area contributed by atoms with Crippen molar-refractivity contribution in [3.63, 3.8) is 0 Å². The minimum Gasteiger partial charge on any atom is -0.478 e. The molecule has 3 nitrogen and oxygen atoms in total. The second kappa shape index (κ2) is 10.2. The number of aliphatic hydroxyl groups is 1. The maximum atomic E-state index is 11.4. The van der Waals surface area contributed by atoms with Gasteiger partial charge in [0.15, 0.2) is 5.90 Å². The van der Waals surface area contributed by atoms with Gasteiger partial charge in [0, 0.05) is 21.4 Å². The van der Waals surface area contributed by atoms with E-state index in [-0.39, 0.29) is 12.0 Å². The van der Waals surface area contributed by atoms with E-state index in [9.17, 15) is 5.11 Å². The molecule has 1 unspecified atom stereocenters. The van der Waals surface area contributed by atoms with Crippen molar-refractivity contribution in [2.75, 3.05) is 6.61 Å². The molecule has 166 valence electrons. The monoisotopic (exact) mass is 459 g/mol. The molecule has 2 aromatic carbocycles. The van der Waals surface area contributed by atoms with Crippen LogP contribution in [0.5, 0.6) is 0 Å². The Kier molecular flexibility index (Phi) is 7.85. The van der Waals surface area contributed by atoms with Crippen LogP contribution in [0, 0.1) is 11.3 Å². The molecule has 1 aliphatic heterocycles. The Bertz CT molecular complexity index is 925. The van der Waals surface area contributed by atoms with Crippen LogP contribution in [0.25, 0.3) is 0 Å². The number of ether oxygens (including phenoxy) is 1. The lowest BCUT2D eigenvalue weighted by atomic mass is 9.73. The summed E-state index contributed by atoms with van der Waals surface area (Å²) in [6.07, 6.45) is 2.49. The fourth-order valence-electron chi connectivity index (χ4n) is 4.16. The lowest BCUT2D eigenvalue weighted by molar-refractivity contribution is 0.121. The lowest BCUT2D eigenvalue weighted by Crippen LogP contribution is -2.31. The summed E-state index contributed by atoms with van der Waals surface area (Å²) in [6, 6.07) is 15.2. The van der Waals surface area contributed by atoms with Gasteiger partial charge < -0.3 is 9.84 Å². The van der Waals surface area contributed by atoms with Crippen molar-refractivity contribution in [1.82, 2.24) is 0 Å². The highest BCUT2D eigenvalue weighted by Crippen LogP contribution is 2.44. The van der Waals surface area contributed by atoms with Crippen LogP contribution >= 0.6 is 23.2 Å². The number of rotatable bonds is 9. The molecule has 3 rings (SSSR count). The molecule has 4 atom stereocenters. The van der Waals surface area contributed by atoms with Gasteiger partial charge >= 0.3 is 0 Å². The number of hydrogen-bond acceptors (Lipinski definition) is 3. The molecule has 0 amide bonds. The molecule has 0 spiro atoms. The van der Waals surface area contributed by atoms with Crippen molar-refractivity contribution < 1.29 is 9.84 Å². The molecule has 0 saturated heterocycles. The van der Waals surface area contributed by atoms with Crippen LogP contribution in [-0.4, -0.2) is 23.7 Å². The zero-order valence-electron chi connectivity index (χ0n) is 18.4. The number of aliphatic imine (C=N–C) groups is 1. The third-order valence-corrected chi connectivity index (χ3v) is 6.58. The largest absolute Gasteiger partial charge is 0.478 e. The molecule has 0 fully saturated rings. The van der Waals surface area contributed by atoms with Crippen LogP contribution in [0.2, 0.25) is 10.0 Å². The number of allylic oxidation sites excluding steroid dienone is 1. The first kappa shape index (κ1) is 23.8. The van der Waals surface area contributed by atoms with E-state index in [1.807, 2.05) is 42.5 Å². The van der Waals surface area contributed by atoms with E-state index in [1.54, 1.807) is 12.1 Å². The van der Waals surface area contributed by atoms with E-state index >= 15 is 0 Å². The Morgan fingerprint density at radius 1 is 1.16 bits per heavy atom. The molecular formula is C26H31Cl2NO2. The first-order valence-corrected chi connectivity index (χ1v) is 11.5. The van der Waals surface area contributed by atoms with Crippen LogP contribution in [0.4, 0.5) is 0 Å². The highest BCUT2D eigenvalue weighted by Gasteiger charge is 2.40. The fraction of sp³-hybridized carbons (Fsp3) is 0.423. The van der Waals surface area contributed by atoms with E-state index in [2.05, 4.69) is 27.4 Å². The smallest absolute Gasteiger partial charge is 0.190 e. The van der Waals surface area contributed by atoms with Crippen molar-refractivity contribution in [1.29, 1.82) is 0 Å². The molecule has 0 radical (unpaired) electrons. The molecule has 0 saturated carbocycles. The summed E-state index contributed by atoms with van der Waals surface area (Å²) in [4.78, 5) is 4.91. The quantitative estimate of drug-likeness (QED) is 0.401. The Morgan fingerprint density at radius 3 is 2.45 bits per heavy atom. The number of benzene rings is 2. The van der Waals surface area contributed by atoms with Crippen LogP contribution in [-0.2, 0) is 4.74 Å². The van der Waals surface area contributed by atoms with Gasteiger partial charge in [0.2, 0.25) is 0 Å². The first-order valence-electron chi connectivity index (χ1n) is 10.7. The SMILES string of the molecule is C=CCC(C)(C[C@H](c1cccc(Cl)c1)[C@@H](O)c1ccc(Cl)cc1)C1=N[C@@H](C(C)C)CO1. The predicted molar refractivity (Wildman–Crippen MR) is 130 cm³/mol. The summed E-state index contributed by atoms with van der Waals surface area (Å²) in [7, 11) is 0. The van der Waals surface area contributed by atoms with Gasteiger partial charge in [0.1, 0.15) is 6.61 Å². The van der Waals surface area contributed by atoms with Gasteiger partial charge in [-0.15, -0.1) is 6.58 Å². The minimum atomic E-state index is -0.734. The molecule has 0 aromatic heterocycles. The van der Waals surface area contributed by atoms with Gasteiger partial charge in [-0.1, -0.05) is 74.3 Å². The number of hydrogen-bond donors (Lipinski definition) is 1. The van der Waals surface area contributed by atoms with Crippen molar-refractivity contribution in [3.8, 4) is 0 Å². The Balaban J connectivity index is 2.00. The summed E-state index contributed by atoms with van der Waals surface area (Å²) < 4.78 is 6.08. The molecule has 5 heteroatoms. The van der Waals surface area contributed by atoms with Gasteiger partial charge in [0.05, 0.1) is 12.1 Å². The highest BCUT2D eigenvalue weighted by molar-refractivity contribution is 6.30. The summed E-state index contributed by atoms with van der Waals surface area (Å²) >= 11 is 12.4. The molecule has 2 aromatic rings. The maximum absolute atomic E-state index is 11.4. The highest BCUT2D eigenvalue weighted by atomic mass is 35.5. The molecule has 0 bridgehead atoms. The number of aliphatic hydroxyl groups excluding tert-OH is 1. The van der Waals surface area contributed by atoms with Crippen molar-refractivity contribution >= 4 is 29.1 Å². The number of halogens is 2. The zero-order valence-corrected chi connectivity index (χ0v) is 19.9. The van der Waals surface area contributed by atoms with E-state index < -0.39 is 11.5 Å². The summed E-state index contributed by atoms with van der Waals surface area (Å²) in [5, 5.41) is 12.7. The molecule has 31 heavy (non-hydrogen) atoms. The van der Waals surface area contributed by atoms with E-state index in [4.69, 9.17) is 32.9 Å². The summed E-state index contributed by atoms with van der Waals surface area (Å²) in [6.45, 7) is 11.0. The molecule has 1 N–H and O–H groups in total. The fourth-order valence-corrected chi connectivity index (χ4v) is 4.49.